The van der Waals surface area contributed by atoms with E-state index in [2.05, 4.69) is 10.1 Å². The fourth-order valence-corrected chi connectivity index (χ4v) is 1.32. The average molecular weight is 209 g/mol. The second-order valence-corrected chi connectivity index (χ2v) is 3.36. The Kier molecular flexibility index (Phi) is 2.13. The minimum absolute atomic E-state index is 0.316. The lowest BCUT2D eigenvalue weighted by Gasteiger charge is -2.02. The molecule has 0 fully saturated rings. The molecule has 14 heavy (non-hydrogen) atoms. The number of nitrogens with zero attached hydrogens (tertiary/aromatic N) is 3. The summed E-state index contributed by atoms with van der Waals surface area (Å²) in [6, 6.07) is 3.82. The first kappa shape index (κ1) is 9.02. The molecule has 0 radical (unpaired) electrons. The molecule has 0 aliphatic rings. The van der Waals surface area contributed by atoms with Gasteiger partial charge in [-0.3, -0.25) is 0 Å². The Morgan fingerprint density at radius 1 is 1.50 bits per heavy atom. The fourth-order valence-electron chi connectivity index (χ4n) is 1.19. The molecule has 0 aliphatic heterocycles. The van der Waals surface area contributed by atoms with Gasteiger partial charge in [0.1, 0.15) is 5.02 Å². The van der Waals surface area contributed by atoms with E-state index in [0.29, 0.717) is 10.8 Å². The SMILES string of the molecule is Cc1cccnc1-n1cc(Cl)c(N)n1. The Morgan fingerprint density at radius 3 is 2.86 bits per heavy atom. The number of pyridine rings is 1. The fraction of sp³-hybridized carbons (Fsp3) is 0.111. The van der Waals surface area contributed by atoms with E-state index in [1.165, 1.54) is 0 Å². The minimum atomic E-state index is 0.316. The maximum absolute atomic E-state index is 5.80. The molecule has 0 saturated heterocycles. The standard InChI is InChI=1S/C9H9ClN4/c1-6-3-2-4-12-9(6)14-5-7(10)8(11)13-14/h2-5H,1H3,(H2,11,13). The Hall–Kier alpha value is -1.55. The van der Waals surface area contributed by atoms with Gasteiger partial charge in [-0.15, -0.1) is 5.10 Å². The van der Waals surface area contributed by atoms with E-state index in [1.54, 1.807) is 17.1 Å². The third kappa shape index (κ3) is 1.44. The smallest absolute Gasteiger partial charge is 0.164 e. The van der Waals surface area contributed by atoms with Crippen LogP contribution in [0.2, 0.25) is 5.02 Å². The van der Waals surface area contributed by atoms with Gasteiger partial charge in [-0.25, -0.2) is 9.67 Å². The van der Waals surface area contributed by atoms with E-state index in [-0.39, 0.29) is 0 Å². The summed E-state index contributed by atoms with van der Waals surface area (Å²) in [5.41, 5.74) is 6.56. The highest BCUT2D eigenvalue weighted by Gasteiger charge is 2.06. The van der Waals surface area contributed by atoms with Crippen LogP contribution in [0.3, 0.4) is 0 Å². The second kappa shape index (κ2) is 3.31. The molecule has 0 aliphatic carbocycles. The van der Waals surface area contributed by atoms with Crippen LogP contribution in [0.25, 0.3) is 5.82 Å². The quantitative estimate of drug-likeness (QED) is 0.778. The van der Waals surface area contributed by atoms with Crippen molar-refractivity contribution in [3.05, 3.63) is 35.1 Å². The van der Waals surface area contributed by atoms with Gasteiger partial charge >= 0.3 is 0 Å². The van der Waals surface area contributed by atoms with Crippen LogP contribution in [-0.4, -0.2) is 14.8 Å². The molecule has 0 bridgehead atoms. The molecular formula is C9H9ClN4. The van der Waals surface area contributed by atoms with Crippen molar-refractivity contribution in [1.82, 2.24) is 14.8 Å². The van der Waals surface area contributed by atoms with Gasteiger partial charge in [0.2, 0.25) is 0 Å². The maximum atomic E-state index is 5.80. The normalized spacial score (nSPS) is 10.4. The van der Waals surface area contributed by atoms with Gasteiger partial charge in [0.25, 0.3) is 0 Å². The largest absolute Gasteiger partial charge is 0.381 e. The van der Waals surface area contributed by atoms with Gasteiger partial charge in [0, 0.05) is 6.20 Å². The van der Waals surface area contributed by atoms with Crippen molar-refractivity contribution in [3.63, 3.8) is 0 Å². The molecule has 72 valence electrons. The van der Waals surface area contributed by atoms with E-state index in [4.69, 9.17) is 17.3 Å². The van der Waals surface area contributed by atoms with Gasteiger partial charge in [-0.2, -0.15) is 0 Å². The monoisotopic (exact) mass is 208 g/mol. The van der Waals surface area contributed by atoms with Gasteiger partial charge in [0.05, 0.1) is 6.20 Å². The lowest BCUT2D eigenvalue weighted by molar-refractivity contribution is 0.842. The minimum Gasteiger partial charge on any atom is -0.381 e. The van der Waals surface area contributed by atoms with Crippen molar-refractivity contribution in [1.29, 1.82) is 0 Å². The molecule has 2 heterocycles. The lowest BCUT2D eigenvalue weighted by atomic mass is 10.3. The molecule has 0 spiro atoms. The number of nitrogens with two attached hydrogens (primary N) is 1. The van der Waals surface area contributed by atoms with E-state index >= 15 is 0 Å². The van der Waals surface area contributed by atoms with Crippen LogP contribution in [0, 0.1) is 6.92 Å². The average Bonchev–Trinajstić information content (AvgIpc) is 2.48. The van der Waals surface area contributed by atoms with E-state index in [9.17, 15) is 0 Å². The van der Waals surface area contributed by atoms with Crippen molar-refractivity contribution in [3.8, 4) is 5.82 Å². The molecule has 4 nitrogen and oxygen atoms in total. The third-order valence-corrected chi connectivity index (χ3v) is 2.19. The molecule has 0 saturated carbocycles. The first-order valence-electron chi connectivity index (χ1n) is 4.11. The zero-order chi connectivity index (χ0) is 10.1. The summed E-state index contributed by atoms with van der Waals surface area (Å²) in [6.45, 7) is 1.95. The summed E-state index contributed by atoms with van der Waals surface area (Å²) in [5.74, 6) is 1.06. The number of hydrogen-bond acceptors (Lipinski definition) is 3. The molecular weight excluding hydrogens is 200 g/mol. The van der Waals surface area contributed by atoms with Crippen LogP contribution in [0.4, 0.5) is 5.82 Å². The number of halogens is 1. The molecule has 2 aromatic heterocycles. The summed E-state index contributed by atoms with van der Waals surface area (Å²) in [5, 5.41) is 4.48. The van der Waals surface area contributed by atoms with Crippen molar-refractivity contribution in [2.45, 2.75) is 6.92 Å². The zero-order valence-electron chi connectivity index (χ0n) is 7.61. The summed E-state index contributed by atoms with van der Waals surface area (Å²) in [6.07, 6.45) is 3.35. The zero-order valence-corrected chi connectivity index (χ0v) is 8.36. The first-order chi connectivity index (χ1) is 6.68. The Balaban J connectivity index is 2.55. The van der Waals surface area contributed by atoms with Crippen LogP contribution >= 0.6 is 11.6 Å². The molecule has 2 rings (SSSR count). The second-order valence-electron chi connectivity index (χ2n) is 2.95. The van der Waals surface area contributed by atoms with Crippen molar-refractivity contribution < 1.29 is 0 Å². The maximum Gasteiger partial charge on any atom is 0.164 e. The van der Waals surface area contributed by atoms with Gasteiger partial charge in [-0.1, -0.05) is 17.7 Å². The highest BCUT2D eigenvalue weighted by Crippen LogP contribution is 2.18. The predicted molar refractivity (Wildman–Crippen MR) is 55.5 cm³/mol. The summed E-state index contributed by atoms with van der Waals surface area (Å²) < 4.78 is 1.58. The third-order valence-electron chi connectivity index (χ3n) is 1.89. The number of nitrogen functional groups attached to an aromatic ring is 1. The van der Waals surface area contributed by atoms with Crippen molar-refractivity contribution >= 4 is 17.4 Å². The van der Waals surface area contributed by atoms with E-state index in [0.717, 1.165) is 11.4 Å². The van der Waals surface area contributed by atoms with Crippen LogP contribution in [0.5, 0.6) is 0 Å². The van der Waals surface area contributed by atoms with Crippen molar-refractivity contribution in [2.24, 2.45) is 0 Å². The predicted octanol–water partition coefficient (Wildman–Crippen LogP) is 1.81. The highest BCUT2D eigenvalue weighted by molar-refractivity contribution is 6.32. The Morgan fingerprint density at radius 2 is 2.29 bits per heavy atom. The number of aryl methyl sites for hydroxylation is 1. The van der Waals surface area contributed by atoms with Gasteiger partial charge in [-0.05, 0) is 18.6 Å². The lowest BCUT2D eigenvalue weighted by Crippen LogP contribution is -2.01. The van der Waals surface area contributed by atoms with Crippen LogP contribution in [-0.2, 0) is 0 Å². The number of aromatic nitrogens is 3. The summed E-state index contributed by atoms with van der Waals surface area (Å²) in [7, 11) is 0. The number of hydrogen-bond donors (Lipinski definition) is 1. The molecule has 2 N–H and O–H groups in total. The van der Waals surface area contributed by atoms with Gasteiger partial charge in [0.15, 0.2) is 11.6 Å². The number of rotatable bonds is 1. The van der Waals surface area contributed by atoms with Crippen LogP contribution < -0.4 is 5.73 Å². The Labute approximate surface area is 86.3 Å². The molecule has 0 atom stereocenters. The molecule has 0 unspecified atom stereocenters. The van der Waals surface area contributed by atoms with E-state index in [1.807, 2.05) is 19.1 Å². The topological polar surface area (TPSA) is 56.7 Å². The van der Waals surface area contributed by atoms with Crippen molar-refractivity contribution in [2.75, 3.05) is 5.73 Å². The molecule has 0 amide bonds. The first-order valence-corrected chi connectivity index (χ1v) is 4.49. The summed E-state index contributed by atoms with van der Waals surface area (Å²) in [4.78, 5) is 4.19. The van der Waals surface area contributed by atoms with E-state index < -0.39 is 0 Å². The molecule has 5 heteroatoms. The van der Waals surface area contributed by atoms with Crippen LogP contribution in [0.15, 0.2) is 24.5 Å². The highest BCUT2D eigenvalue weighted by atomic mass is 35.5. The van der Waals surface area contributed by atoms with Crippen LogP contribution in [0.1, 0.15) is 5.56 Å². The number of anilines is 1. The summed E-state index contributed by atoms with van der Waals surface area (Å²) >= 11 is 5.80. The Bertz CT molecular complexity index is 444. The molecule has 0 aromatic carbocycles. The van der Waals surface area contributed by atoms with Gasteiger partial charge < -0.3 is 5.73 Å². The molecule has 2 aromatic rings.